The van der Waals surface area contributed by atoms with Crippen LogP contribution >= 0.6 is 11.6 Å². The van der Waals surface area contributed by atoms with Gasteiger partial charge in [0.1, 0.15) is 0 Å². The van der Waals surface area contributed by atoms with Crippen LogP contribution in [0.2, 0.25) is 5.02 Å². The number of aliphatic carboxylic acids is 1. The zero-order chi connectivity index (χ0) is 22.4. The first-order chi connectivity index (χ1) is 14.8. The van der Waals surface area contributed by atoms with Gasteiger partial charge in [-0.25, -0.2) is 19.6 Å². The molecule has 1 aromatic heterocycles. The average Bonchev–Trinajstić information content (AvgIpc) is 2.74. The quantitative estimate of drug-likeness (QED) is 0.390. The number of carboxylic acid groups (broad SMARTS) is 1. The molecule has 0 radical (unpaired) electrons. The van der Waals surface area contributed by atoms with Crippen LogP contribution in [0.3, 0.4) is 0 Å². The normalized spacial score (nSPS) is 11.8. The van der Waals surface area contributed by atoms with Gasteiger partial charge < -0.3 is 15.2 Å². The SMILES string of the molecule is O=C(NN(Cc1ccc(-c2cccc(Cl)c2)cc1)CC(O)C(=O)O)c1cnc(=O)[nH]c1. The van der Waals surface area contributed by atoms with E-state index < -0.39 is 23.7 Å². The number of aromatic nitrogens is 2. The van der Waals surface area contributed by atoms with Gasteiger partial charge in [-0.15, -0.1) is 0 Å². The molecule has 160 valence electrons. The topological polar surface area (TPSA) is 136 Å². The Morgan fingerprint density at radius 1 is 1.16 bits per heavy atom. The van der Waals surface area contributed by atoms with E-state index in [1.165, 1.54) is 11.2 Å². The summed E-state index contributed by atoms with van der Waals surface area (Å²) in [7, 11) is 0. The summed E-state index contributed by atoms with van der Waals surface area (Å²) in [5, 5.41) is 20.7. The predicted molar refractivity (Wildman–Crippen MR) is 113 cm³/mol. The standard InChI is InChI=1S/C21H19ClN4O5/c22-17-3-1-2-15(8-17)14-6-4-13(5-7-14)11-26(12-18(27)20(29)30)25-19(28)16-9-23-21(31)24-10-16/h1-10,18,27H,11-12H2,(H,25,28)(H,29,30)(H,23,24,31). The number of nitrogens with one attached hydrogen (secondary N) is 2. The smallest absolute Gasteiger partial charge is 0.344 e. The Kier molecular flexibility index (Phi) is 7.14. The summed E-state index contributed by atoms with van der Waals surface area (Å²) in [5.74, 6) is -2.03. The molecule has 10 heteroatoms. The number of hydrazine groups is 1. The second-order valence-electron chi connectivity index (χ2n) is 6.69. The van der Waals surface area contributed by atoms with Gasteiger partial charge in [-0.05, 0) is 28.8 Å². The zero-order valence-electron chi connectivity index (χ0n) is 16.2. The first-order valence-electron chi connectivity index (χ1n) is 9.18. The lowest BCUT2D eigenvalue weighted by Gasteiger charge is -2.24. The molecular weight excluding hydrogens is 424 g/mol. The number of hydrogen-bond acceptors (Lipinski definition) is 6. The summed E-state index contributed by atoms with van der Waals surface area (Å²) in [6.45, 7) is -0.226. The molecule has 3 aromatic rings. The average molecular weight is 443 g/mol. The van der Waals surface area contributed by atoms with Crippen LogP contribution in [0.15, 0.2) is 65.7 Å². The number of amides is 1. The van der Waals surface area contributed by atoms with Crippen LogP contribution in [0.4, 0.5) is 0 Å². The number of nitrogens with zero attached hydrogens (tertiary/aromatic N) is 2. The number of carbonyl (C=O) groups is 2. The van der Waals surface area contributed by atoms with E-state index in [4.69, 9.17) is 16.7 Å². The number of rotatable bonds is 8. The highest BCUT2D eigenvalue weighted by molar-refractivity contribution is 6.30. The molecule has 1 amide bonds. The van der Waals surface area contributed by atoms with E-state index in [1.807, 2.05) is 42.5 Å². The Morgan fingerprint density at radius 3 is 2.52 bits per heavy atom. The van der Waals surface area contributed by atoms with Crippen molar-refractivity contribution >= 4 is 23.5 Å². The summed E-state index contributed by atoms with van der Waals surface area (Å²) in [6.07, 6.45) is 0.579. The van der Waals surface area contributed by atoms with Crippen molar-refractivity contribution in [2.75, 3.05) is 6.54 Å². The van der Waals surface area contributed by atoms with Crippen LogP contribution in [0.25, 0.3) is 11.1 Å². The highest BCUT2D eigenvalue weighted by Crippen LogP contribution is 2.23. The van der Waals surface area contributed by atoms with Crippen LogP contribution in [0.1, 0.15) is 15.9 Å². The van der Waals surface area contributed by atoms with Crippen molar-refractivity contribution in [2.24, 2.45) is 0 Å². The molecule has 31 heavy (non-hydrogen) atoms. The van der Waals surface area contributed by atoms with Gasteiger partial charge in [0, 0.05) is 24.0 Å². The molecule has 0 spiro atoms. The van der Waals surface area contributed by atoms with E-state index in [1.54, 1.807) is 6.07 Å². The summed E-state index contributed by atoms with van der Waals surface area (Å²) in [4.78, 5) is 40.3. The van der Waals surface area contributed by atoms with Gasteiger partial charge in [-0.3, -0.25) is 10.2 Å². The van der Waals surface area contributed by atoms with Crippen molar-refractivity contribution in [3.8, 4) is 11.1 Å². The summed E-state index contributed by atoms with van der Waals surface area (Å²) in [5.41, 5.74) is 4.65. The number of aliphatic hydroxyl groups is 1. The maximum absolute atomic E-state index is 12.4. The lowest BCUT2D eigenvalue weighted by Crippen LogP contribution is -2.47. The van der Waals surface area contributed by atoms with E-state index in [-0.39, 0.29) is 18.7 Å². The van der Waals surface area contributed by atoms with Crippen LogP contribution < -0.4 is 11.1 Å². The van der Waals surface area contributed by atoms with E-state index in [9.17, 15) is 19.5 Å². The predicted octanol–water partition coefficient (Wildman–Crippen LogP) is 1.68. The van der Waals surface area contributed by atoms with Gasteiger partial charge in [0.05, 0.1) is 12.1 Å². The summed E-state index contributed by atoms with van der Waals surface area (Å²) in [6, 6.07) is 14.8. The molecule has 1 heterocycles. The van der Waals surface area contributed by atoms with Crippen molar-refractivity contribution in [1.82, 2.24) is 20.4 Å². The van der Waals surface area contributed by atoms with Gasteiger partial charge >= 0.3 is 11.7 Å². The zero-order valence-corrected chi connectivity index (χ0v) is 16.9. The highest BCUT2D eigenvalue weighted by atomic mass is 35.5. The molecule has 3 rings (SSSR count). The second-order valence-corrected chi connectivity index (χ2v) is 7.13. The van der Waals surface area contributed by atoms with Crippen molar-refractivity contribution in [3.63, 3.8) is 0 Å². The largest absolute Gasteiger partial charge is 0.479 e. The van der Waals surface area contributed by atoms with E-state index >= 15 is 0 Å². The molecule has 0 saturated heterocycles. The lowest BCUT2D eigenvalue weighted by atomic mass is 10.0. The van der Waals surface area contributed by atoms with E-state index in [0.717, 1.165) is 22.9 Å². The Hall–Kier alpha value is -3.53. The summed E-state index contributed by atoms with van der Waals surface area (Å²) >= 11 is 6.03. The van der Waals surface area contributed by atoms with Crippen LogP contribution in [-0.2, 0) is 11.3 Å². The molecule has 2 aromatic carbocycles. The Labute approximate surface area is 181 Å². The van der Waals surface area contributed by atoms with Crippen LogP contribution in [0, 0.1) is 0 Å². The third kappa shape index (κ3) is 6.22. The number of carboxylic acids is 1. The van der Waals surface area contributed by atoms with Gasteiger partial charge in [-0.1, -0.05) is 48.0 Å². The molecule has 0 aliphatic heterocycles. The third-order valence-corrected chi connectivity index (χ3v) is 4.59. The van der Waals surface area contributed by atoms with Gasteiger partial charge in [0.25, 0.3) is 5.91 Å². The van der Waals surface area contributed by atoms with Crippen LogP contribution in [-0.4, -0.2) is 49.7 Å². The first-order valence-corrected chi connectivity index (χ1v) is 9.56. The number of halogens is 1. The molecule has 0 bridgehead atoms. The molecule has 0 saturated carbocycles. The van der Waals surface area contributed by atoms with Crippen molar-refractivity contribution in [1.29, 1.82) is 0 Å². The maximum atomic E-state index is 12.4. The fourth-order valence-electron chi connectivity index (χ4n) is 2.80. The number of benzene rings is 2. The molecule has 1 atom stereocenters. The number of H-pyrrole nitrogens is 1. The van der Waals surface area contributed by atoms with Crippen molar-refractivity contribution in [3.05, 3.63) is 87.6 Å². The minimum absolute atomic E-state index is 0.0747. The maximum Gasteiger partial charge on any atom is 0.344 e. The van der Waals surface area contributed by atoms with Gasteiger partial charge in [0.15, 0.2) is 6.10 Å². The number of hydrogen-bond donors (Lipinski definition) is 4. The van der Waals surface area contributed by atoms with E-state index in [0.29, 0.717) is 5.02 Å². The molecule has 0 aliphatic rings. The monoisotopic (exact) mass is 442 g/mol. The third-order valence-electron chi connectivity index (χ3n) is 4.36. The van der Waals surface area contributed by atoms with Gasteiger partial charge in [-0.2, -0.15) is 0 Å². The summed E-state index contributed by atoms with van der Waals surface area (Å²) < 4.78 is 0. The second kappa shape index (κ2) is 9.98. The van der Waals surface area contributed by atoms with Gasteiger partial charge in [0.2, 0.25) is 0 Å². The number of carbonyl (C=O) groups excluding carboxylic acids is 1. The lowest BCUT2D eigenvalue weighted by molar-refractivity contribution is -0.148. The Bertz CT molecular complexity index is 1110. The number of aliphatic hydroxyl groups excluding tert-OH is 1. The Morgan fingerprint density at radius 2 is 1.90 bits per heavy atom. The highest BCUT2D eigenvalue weighted by Gasteiger charge is 2.20. The minimum Gasteiger partial charge on any atom is -0.479 e. The molecule has 1 unspecified atom stereocenters. The van der Waals surface area contributed by atoms with Crippen molar-refractivity contribution < 1.29 is 19.8 Å². The fourth-order valence-corrected chi connectivity index (χ4v) is 2.99. The minimum atomic E-state index is -1.71. The molecule has 4 N–H and O–H groups in total. The fraction of sp³-hybridized carbons (Fsp3) is 0.143. The molecular formula is C21H19ClN4O5. The molecule has 9 nitrogen and oxygen atoms in total. The molecule has 0 aliphatic carbocycles. The van der Waals surface area contributed by atoms with E-state index in [2.05, 4.69) is 15.4 Å². The number of aromatic amines is 1. The van der Waals surface area contributed by atoms with Crippen LogP contribution in [0.5, 0.6) is 0 Å². The Balaban J connectivity index is 1.75. The molecule has 0 fully saturated rings. The van der Waals surface area contributed by atoms with Crippen molar-refractivity contribution in [2.45, 2.75) is 12.6 Å². The first kappa shape index (κ1) is 22.2.